The van der Waals surface area contributed by atoms with E-state index in [0.29, 0.717) is 0 Å². The van der Waals surface area contributed by atoms with E-state index in [1.807, 2.05) is 26.0 Å². The number of rotatable bonds is 6. The molecule has 0 amide bonds. The van der Waals surface area contributed by atoms with Gasteiger partial charge in [0.25, 0.3) is 0 Å². The third kappa shape index (κ3) is 3.64. The zero-order chi connectivity index (χ0) is 13.8. The van der Waals surface area contributed by atoms with Crippen LogP contribution in [0.1, 0.15) is 37.8 Å². The van der Waals surface area contributed by atoms with E-state index in [1.165, 1.54) is 0 Å². The molecule has 1 nitrogen and oxygen atoms in total. The highest BCUT2D eigenvalue weighted by atomic mass is 79.9. The number of hydrogen-bond donors (Lipinski definition) is 0. The molecule has 0 radical (unpaired) electrons. The van der Waals surface area contributed by atoms with Gasteiger partial charge in [0.05, 0.1) is 6.61 Å². The van der Waals surface area contributed by atoms with Gasteiger partial charge in [-0.2, -0.15) is 0 Å². The summed E-state index contributed by atoms with van der Waals surface area (Å²) in [5.41, 5.74) is 2.43. The van der Waals surface area contributed by atoms with Gasteiger partial charge in [-0.15, -0.1) is 0 Å². The molecule has 0 saturated carbocycles. The zero-order valence-electron chi connectivity index (χ0n) is 11.6. The number of aryl methyl sites for hydroxylation is 2. The fraction of sp³-hybridized carbons (Fsp3) is 0.600. The standard InChI is InChI=1S/C15H22BrClO/c1-5-15(6-2,9-16)10-18-14-11(3)7-13(17)8-12(14)4/h7-8H,5-6,9-10H2,1-4H3. The van der Waals surface area contributed by atoms with Crippen molar-refractivity contribution in [2.24, 2.45) is 5.41 Å². The van der Waals surface area contributed by atoms with Crippen LogP contribution >= 0.6 is 27.5 Å². The lowest BCUT2D eigenvalue weighted by molar-refractivity contribution is 0.156. The van der Waals surface area contributed by atoms with Crippen molar-refractivity contribution in [3.63, 3.8) is 0 Å². The predicted octanol–water partition coefficient (Wildman–Crippen LogP) is 5.54. The third-order valence-corrected chi connectivity index (χ3v) is 5.14. The molecule has 102 valence electrons. The summed E-state index contributed by atoms with van der Waals surface area (Å²) >= 11 is 9.65. The minimum Gasteiger partial charge on any atom is -0.492 e. The number of ether oxygens (including phenoxy) is 1. The summed E-state index contributed by atoms with van der Waals surface area (Å²) in [4.78, 5) is 0. The van der Waals surface area contributed by atoms with Gasteiger partial charge in [0.2, 0.25) is 0 Å². The monoisotopic (exact) mass is 332 g/mol. The van der Waals surface area contributed by atoms with Crippen LogP contribution in [0.15, 0.2) is 12.1 Å². The zero-order valence-corrected chi connectivity index (χ0v) is 14.0. The summed E-state index contributed by atoms with van der Waals surface area (Å²) in [6.07, 6.45) is 2.22. The van der Waals surface area contributed by atoms with Gasteiger partial charge >= 0.3 is 0 Å². The maximum Gasteiger partial charge on any atom is 0.125 e. The SMILES string of the molecule is CCC(CC)(CBr)COc1c(C)cc(Cl)cc1C. The molecule has 0 unspecified atom stereocenters. The molecule has 3 heteroatoms. The minimum atomic E-state index is 0.221. The summed E-state index contributed by atoms with van der Waals surface area (Å²) in [6.45, 7) is 9.27. The van der Waals surface area contributed by atoms with Crippen LogP contribution in [-0.2, 0) is 0 Å². The Bertz CT molecular complexity index is 368. The molecule has 1 aromatic rings. The lowest BCUT2D eigenvalue weighted by Crippen LogP contribution is -2.29. The van der Waals surface area contributed by atoms with Gasteiger partial charge in [0.1, 0.15) is 5.75 Å². The van der Waals surface area contributed by atoms with Crippen molar-refractivity contribution in [1.29, 1.82) is 0 Å². The first-order valence-electron chi connectivity index (χ1n) is 6.43. The van der Waals surface area contributed by atoms with Gasteiger partial charge in [-0.25, -0.2) is 0 Å². The summed E-state index contributed by atoms with van der Waals surface area (Å²) in [7, 11) is 0. The topological polar surface area (TPSA) is 9.23 Å². The first-order valence-corrected chi connectivity index (χ1v) is 7.93. The van der Waals surface area contributed by atoms with Gasteiger partial charge in [0, 0.05) is 15.8 Å². The first-order chi connectivity index (χ1) is 8.48. The maximum atomic E-state index is 6.07. The highest BCUT2D eigenvalue weighted by Crippen LogP contribution is 2.32. The molecule has 0 fully saturated rings. The van der Waals surface area contributed by atoms with E-state index in [-0.39, 0.29) is 5.41 Å². The Kier molecular flexibility index (Phi) is 6.00. The van der Waals surface area contributed by atoms with Crippen molar-refractivity contribution >= 4 is 27.5 Å². The quantitative estimate of drug-likeness (QED) is 0.621. The summed E-state index contributed by atoms with van der Waals surface area (Å²) in [5.74, 6) is 0.978. The van der Waals surface area contributed by atoms with Gasteiger partial charge in [0.15, 0.2) is 0 Å². The molecule has 0 aromatic heterocycles. The van der Waals surface area contributed by atoms with Crippen LogP contribution < -0.4 is 4.74 Å². The van der Waals surface area contributed by atoms with Crippen LogP contribution in [0.4, 0.5) is 0 Å². The smallest absolute Gasteiger partial charge is 0.125 e. The second-order valence-electron chi connectivity index (χ2n) is 5.00. The van der Waals surface area contributed by atoms with Crippen LogP contribution in [0.5, 0.6) is 5.75 Å². The fourth-order valence-corrected chi connectivity index (χ4v) is 3.31. The van der Waals surface area contributed by atoms with Crippen molar-refractivity contribution in [3.05, 3.63) is 28.3 Å². The van der Waals surface area contributed by atoms with Crippen LogP contribution in [-0.4, -0.2) is 11.9 Å². The summed E-state index contributed by atoms with van der Waals surface area (Å²) < 4.78 is 6.07. The van der Waals surface area contributed by atoms with Crippen LogP contribution in [0.3, 0.4) is 0 Å². The molecule has 0 N–H and O–H groups in total. The van der Waals surface area contributed by atoms with E-state index in [4.69, 9.17) is 16.3 Å². The van der Waals surface area contributed by atoms with E-state index in [0.717, 1.165) is 46.7 Å². The van der Waals surface area contributed by atoms with E-state index >= 15 is 0 Å². The number of hydrogen-bond acceptors (Lipinski definition) is 1. The molecule has 0 spiro atoms. The van der Waals surface area contributed by atoms with Crippen LogP contribution in [0.25, 0.3) is 0 Å². The second-order valence-corrected chi connectivity index (χ2v) is 6.00. The predicted molar refractivity (Wildman–Crippen MR) is 83.2 cm³/mol. The molecule has 0 aliphatic rings. The third-order valence-electron chi connectivity index (χ3n) is 3.73. The van der Waals surface area contributed by atoms with Crippen molar-refractivity contribution in [1.82, 2.24) is 0 Å². The van der Waals surface area contributed by atoms with E-state index in [2.05, 4.69) is 29.8 Å². The second kappa shape index (κ2) is 6.81. The van der Waals surface area contributed by atoms with E-state index in [1.54, 1.807) is 0 Å². The minimum absolute atomic E-state index is 0.221. The summed E-state index contributed by atoms with van der Waals surface area (Å²) in [5, 5.41) is 1.74. The lowest BCUT2D eigenvalue weighted by Gasteiger charge is -2.30. The lowest BCUT2D eigenvalue weighted by atomic mass is 9.86. The molecule has 1 rings (SSSR count). The Morgan fingerprint density at radius 2 is 1.67 bits per heavy atom. The Morgan fingerprint density at radius 3 is 2.06 bits per heavy atom. The molecule has 0 bridgehead atoms. The van der Waals surface area contributed by atoms with Gasteiger partial charge in [-0.05, 0) is 49.9 Å². The largest absolute Gasteiger partial charge is 0.492 e. The van der Waals surface area contributed by atoms with Crippen molar-refractivity contribution in [2.75, 3.05) is 11.9 Å². The molecule has 0 heterocycles. The summed E-state index contributed by atoms with van der Waals surface area (Å²) in [6, 6.07) is 3.91. The molecule has 0 atom stereocenters. The fourth-order valence-electron chi connectivity index (χ4n) is 2.03. The molecule has 0 saturated heterocycles. The normalized spacial score (nSPS) is 11.7. The molecule has 0 aliphatic carbocycles. The van der Waals surface area contributed by atoms with Crippen LogP contribution in [0, 0.1) is 19.3 Å². The Balaban J connectivity index is 2.86. The first kappa shape index (κ1) is 15.8. The molecule has 1 aromatic carbocycles. The average Bonchev–Trinajstić information content (AvgIpc) is 2.33. The maximum absolute atomic E-state index is 6.07. The molecule has 0 aliphatic heterocycles. The van der Waals surface area contributed by atoms with E-state index < -0.39 is 0 Å². The Morgan fingerprint density at radius 1 is 1.17 bits per heavy atom. The van der Waals surface area contributed by atoms with Crippen molar-refractivity contribution < 1.29 is 4.74 Å². The number of benzene rings is 1. The van der Waals surface area contributed by atoms with Gasteiger partial charge in [-0.3, -0.25) is 0 Å². The highest BCUT2D eigenvalue weighted by molar-refractivity contribution is 9.09. The molecular formula is C15H22BrClO. The number of halogens is 2. The van der Waals surface area contributed by atoms with Crippen molar-refractivity contribution in [2.45, 2.75) is 40.5 Å². The average molecular weight is 334 g/mol. The Hall–Kier alpha value is -0.210. The van der Waals surface area contributed by atoms with Gasteiger partial charge < -0.3 is 4.74 Å². The van der Waals surface area contributed by atoms with Gasteiger partial charge in [-0.1, -0.05) is 41.4 Å². The highest BCUT2D eigenvalue weighted by Gasteiger charge is 2.26. The molecular weight excluding hydrogens is 312 g/mol. The molecule has 18 heavy (non-hydrogen) atoms. The van der Waals surface area contributed by atoms with E-state index in [9.17, 15) is 0 Å². The van der Waals surface area contributed by atoms with Crippen LogP contribution in [0.2, 0.25) is 5.02 Å². The Labute approximate surface area is 124 Å². The number of alkyl halides is 1. The van der Waals surface area contributed by atoms with Crippen molar-refractivity contribution in [3.8, 4) is 5.75 Å².